The van der Waals surface area contributed by atoms with Crippen LogP contribution in [0, 0.1) is 0 Å². The van der Waals surface area contributed by atoms with E-state index in [1.165, 1.54) is 0 Å². The fourth-order valence-electron chi connectivity index (χ4n) is 1.93. The quantitative estimate of drug-likeness (QED) is 0.702. The van der Waals surface area contributed by atoms with Crippen molar-refractivity contribution in [3.8, 4) is 11.4 Å². The topological polar surface area (TPSA) is 71.4 Å². The lowest BCUT2D eigenvalue weighted by Gasteiger charge is -2.21. The summed E-state index contributed by atoms with van der Waals surface area (Å²) in [5, 5.41) is 18.5. The summed E-state index contributed by atoms with van der Waals surface area (Å²) >= 11 is 0. The molecule has 2 N–H and O–H groups in total. The Balaban J connectivity index is 2.11. The van der Waals surface area contributed by atoms with Gasteiger partial charge in [0, 0.05) is 19.3 Å². The predicted molar refractivity (Wildman–Crippen MR) is 54.0 cm³/mol. The average molecular weight is 204 g/mol. The molecule has 0 saturated heterocycles. The van der Waals surface area contributed by atoms with Gasteiger partial charge in [0.15, 0.2) is 5.82 Å². The number of nitrogens with zero attached hydrogens (tertiary/aromatic N) is 4. The van der Waals surface area contributed by atoms with Gasteiger partial charge in [0.05, 0.1) is 17.8 Å². The molecule has 78 valence electrons. The number of rotatable bonds is 1. The number of nitrogens with one attached hydrogen (secondary N) is 2. The minimum absolute atomic E-state index is 0.270. The van der Waals surface area contributed by atoms with E-state index in [-0.39, 0.29) is 6.04 Å². The summed E-state index contributed by atoms with van der Waals surface area (Å²) < 4.78 is 2.14. The Morgan fingerprint density at radius 3 is 3.20 bits per heavy atom. The molecule has 3 heterocycles. The zero-order valence-electron chi connectivity index (χ0n) is 8.44. The summed E-state index contributed by atoms with van der Waals surface area (Å²) in [4.78, 5) is 0. The molecule has 0 spiro atoms. The van der Waals surface area contributed by atoms with Gasteiger partial charge < -0.3 is 9.88 Å². The Morgan fingerprint density at radius 2 is 2.40 bits per heavy atom. The van der Waals surface area contributed by atoms with Crippen molar-refractivity contribution in [1.82, 2.24) is 30.3 Å². The van der Waals surface area contributed by atoms with Crippen LogP contribution in [0.3, 0.4) is 0 Å². The van der Waals surface area contributed by atoms with Crippen LogP contribution in [0.4, 0.5) is 0 Å². The molecule has 1 aliphatic rings. The average Bonchev–Trinajstić information content (AvgIpc) is 2.85. The minimum Gasteiger partial charge on any atom is -0.308 e. The second-order valence-electron chi connectivity index (χ2n) is 3.70. The monoisotopic (exact) mass is 204 g/mol. The van der Waals surface area contributed by atoms with Crippen molar-refractivity contribution in [2.24, 2.45) is 0 Å². The fraction of sp³-hybridized carbons (Fsp3) is 0.444. The number of aromatic nitrogens is 5. The van der Waals surface area contributed by atoms with Crippen LogP contribution in [-0.4, -0.2) is 31.5 Å². The predicted octanol–water partition coefficient (Wildman–Crippen LogP) is 0.332. The van der Waals surface area contributed by atoms with Gasteiger partial charge in [-0.2, -0.15) is 5.10 Å². The second-order valence-corrected chi connectivity index (χ2v) is 3.70. The number of aromatic amines is 1. The first-order valence-corrected chi connectivity index (χ1v) is 5.02. The first-order chi connectivity index (χ1) is 7.36. The highest BCUT2D eigenvalue weighted by Gasteiger charge is 2.22. The van der Waals surface area contributed by atoms with Gasteiger partial charge in [0.2, 0.25) is 0 Å². The van der Waals surface area contributed by atoms with Gasteiger partial charge in [-0.15, -0.1) is 10.2 Å². The minimum atomic E-state index is 0.270. The molecular weight excluding hydrogens is 192 g/mol. The Kier molecular flexibility index (Phi) is 1.81. The summed E-state index contributed by atoms with van der Waals surface area (Å²) in [6, 6.07) is 0.270. The highest BCUT2D eigenvalue weighted by molar-refractivity contribution is 5.52. The number of fused-ring (bicyclic) bond motifs is 1. The number of hydrogen-bond donors (Lipinski definition) is 2. The van der Waals surface area contributed by atoms with E-state index in [0.29, 0.717) is 0 Å². The molecule has 1 unspecified atom stereocenters. The van der Waals surface area contributed by atoms with Crippen molar-refractivity contribution in [3.05, 3.63) is 18.2 Å². The SMILES string of the molecule is CC1NCCn2c(-c3cn[nH]c3)nnc21. The van der Waals surface area contributed by atoms with Crippen LogP contribution in [0.25, 0.3) is 11.4 Å². The third-order valence-electron chi connectivity index (χ3n) is 2.71. The lowest BCUT2D eigenvalue weighted by atomic mass is 10.2. The van der Waals surface area contributed by atoms with Crippen molar-refractivity contribution in [2.45, 2.75) is 19.5 Å². The van der Waals surface area contributed by atoms with Crippen LogP contribution in [-0.2, 0) is 6.54 Å². The largest absolute Gasteiger partial charge is 0.308 e. The summed E-state index contributed by atoms with van der Waals surface area (Å²) in [7, 11) is 0. The second kappa shape index (κ2) is 3.16. The van der Waals surface area contributed by atoms with E-state index < -0.39 is 0 Å². The Labute approximate surface area is 86.7 Å². The highest BCUT2D eigenvalue weighted by Crippen LogP contribution is 2.22. The third kappa shape index (κ3) is 1.25. The van der Waals surface area contributed by atoms with Crippen molar-refractivity contribution in [2.75, 3.05) is 6.54 Å². The van der Waals surface area contributed by atoms with Crippen molar-refractivity contribution in [1.29, 1.82) is 0 Å². The molecule has 3 rings (SSSR count). The molecule has 0 aliphatic carbocycles. The molecule has 0 amide bonds. The molecule has 0 aromatic carbocycles. The van der Waals surface area contributed by atoms with Gasteiger partial charge in [-0.25, -0.2) is 0 Å². The fourth-order valence-corrected chi connectivity index (χ4v) is 1.93. The van der Waals surface area contributed by atoms with E-state index in [2.05, 4.69) is 37.2 Å². The number of hydrogen-bond acceptors (Lipinski definition) is 4. The standard InChI is InChI=1S/C9H12N6/c1-6-8-13-14-9(7-4-11-12-5-7)15(8)3-2-10-6/h4-6,10H,2-3H2,1H3,(H,11,12). The van der Waals surface area contributed by atoms with E-state index in [9.17, 15) is 0 Å². The molecule has 15 heavy (non-hydrogen) atoms. The van der Waals surface area contributed by atoms with Gasteiger partial charge >= 0.3 is 0 Å². The van der Waals surface area contributed by atoms with Gasteiger partial charge in [-0.3, -0.25) is 5.10 Å². The lowest BCUT2D eigenvalue weighted by molar-refractivity contribution is 0.439. The maximum Gasteiger partial charge on any atom is 0.167 e. The molecule has 6 nitrogen and oxygen atoms in total. The van der Waals surface area contributed by atoms with E-state index in [4.69, 9.17) is 0 Å². The normalized spacial score (nSPS) is 20.2. The van der Waals surface area contributed by atoms with Crippen molar-refractivity contribution in [3.63, 3.8) is 0 Å². The van der Waals surface area contributed by atoms with Crippen molar-refractivity contribution < 1.29 is 0 Å². The number of H-pyrrole nitrogens is 1. The molecular formula is C9H12N6. The molecule has 1 atom stereocenters. The Bertz CT molecular complexity index is 457. The molecule has 0 bridgehead atoms. The van der Waals surface area contributed by atoms with E-state index >= 15 is 0 Å². The zero-order chi connectivity index (χ0) is 10.3. The Morgan fingerprint density at radius 1 is 1.47 bits per heavy atom. The van der Waals surface area contributed by atoms with Crippen LogP contribution in [0.5, 0.6) is 0 Å². The summed E-state index contributed by atoms with van der Waals surface area (Å²) in [5.74, 6) is 1.89. The van der Waals surface area contributed by atoms with Gasteiger partial charge in [0.25, 0.3) is 0 Å². The Hall–Kier alpha value is -1.69. The summed E-state index contributed by atoms with van der Waals surface area (Å²) in [5.41, 5.74) is 0.989. The molecule has 0 saturated carbocycles. The van der Waals surface area contributed by atoms with Crippen molar-refractivity contribution >= 4 is 0 Å². The van der Waals surface area contributed by atoms with E-state index in [1.807, 2.05) is 6.20 Å². The first kappa shape index (κ1) is 8.60. The summed E-state index contributed by atoms with van der Waals surface area (Å²) in [6.07, 6.45) is 3.61. The molecule has 6 heteroatoms. The first-order valence-electron chi connectivity index (χ1n) is 5.02. The molecule has 1 aliphatic heterocycles. The lowest BCUT2D eigenvalue weighted by Crippen LogP contribution is -2.32. The highest BCUT2D eigenvalue weighted by atomic mass is 15.3. The van der Waals surface area contributed by atoms with Crippen LogP contribution >= 0.6 is 0 Å². The smallest absolute Gasteiger partial charge is 0.167 e. The van der Waals surface area contributed by atoms with Gasteiger partial charge in [-0.05, 0) is 6.92 Å². The molecule has 2 aromatic rings. The van der Waals surface area contributed by atoms with Crippen LogP contribution in [0.1, 0.15) is 18.8 Å². The maximum atomic E-state index is 4.20. The van der Waals surface area contributed by atoms with E-state index in [1.54, 1.807) is 6.20 Å². The summed E-state index contributed by atoms with van der Waals surface area (Å²) in [6.45, 7) is 3.96. The molecule has 0 radical (unpaired) electrons. The van der Waals surface area contributed by atoms with Gasteiger partial charge in [0.1, 0.15) is 5.82 Å². The van der Waals surface area contributed by atoms with Crippen LogP contribution in [0.15, 0.2) is 12.4 Å². The third-order valence-corrected chi connectivity index (χ3v) is 2.71. The molecule has 0 fully saturated rings. The van der Waals surface area contributed by atoms with Crippen LogP contribution < -0.4 is 5.32 Å². The van der Waals surface area contributed by atoms with Crippen LogP contribution in [0.2, 0.25) is 0 Å². The maximum absolute atomic E-state index is 4.20. The molecule has 2 aromatic heterocycles. The van der Waals surface area contributed by atoms with E-state index in [0.717, 1.165) is 30.3 Å². The zero-order valence-corrected chi connectivity index (χ0v) is 8.44. The van der Waals surface area contributed by atoms with Gasteiger partial charge in [-0.1, -0.05) is 0 Å².